The van der Waals surface area contributed by atoms with Crippen LogP contribution in [0.1, 0.15) is 25.5 Å². The van der Waals surface area contributed by atoms with Crippen LogP contribution in [-0.2, 0) is 0 Å². The Bertz CT molecular complexity index is 292. The van der Waals surface area contributed by atoms with E-state index in [1.807, 2.05) is 18.2 Å². The van der Waals surface area contributed by atoms with Gasteiger partial charge in [-0.1, -0.05) is 18.2 Å². The highest BCUT2D eigenvalue weighted by Crippen LogP contribution is 2.16. The van der Waals surface area contributed by atoms with Gasteiger partial charge < -0.3 is 10.4 Å². The second kappa shape index (κ2) is 4.82. The summed E-state index contributed by atoms with van der Waals surface area (Å²) >= 11 is 0. The Labute approximate surface area is 85.3 Å². The maximum Gasteiger partial charge on any atom is 0.115 e. The normalized spacial score (nSPS) is 14.7. The van der Waals surface area contributed by atoms with Gasteiger partial charge >= 0.3 is 0 Å². The summed E-state index contributed by atoms with van der Waals surface area (Å²) in [5.41, 5.74) is 1.16. The Morgan fingerprint density at radius 3 is 2.36 bits per heavy atom. The van der Waals surface area contributed by atoms with E-state index in [9.17, 15) is 0 Å². The first-order chi connectivity index (χ1) is 6.63. The van der Waals surface area contributed by atoms with Crippen molar-refractivity contribution in [2.45, 2.75) is 25.9 Å². The third-order valence-electron chi connectivity index (χ3n) is 2.26. The predicted molar refractivity (Wildman–Crippen MR) is 59.3 cm³/mol. The van der Waals surface area contributed by atoms with Crippen LogP contribution in [0, 0.1) is 0 Å². The van der Waals surface area contributed by atoms with E-state index in [1.54, 1.807) is 12.1 Å². The fourth-order valence-electron chi connectivity index (χ4n) is 1.32. The molecule has 0 aromatic heterocycles. The Morgan fingerprint density at radius 1 is 1.29 bits per heavy atom. The van der Waals surface area contributed by atoms with Crippen molar-refractivity contribution in [1.29, 1.82) is 0 Å². The SMILES string of the molecule is C=CC(C)NC(C)c1ccc(O)cc1. The minimum Gasteiger partial charge on any atom is -0.508 e. The smallest absolute Gasteiger partial charge is 0.115 e. The fraction of sp³-hybridized carbons (Fsp3) is 0.333. The van der Waals surface area contributed by atoms with Crippen LogP contribution in [0.25, 0.3) is 0 Å². The van der Waals surface area contributed by atoms with Crippen LogP contribution < -0.4 is 5.32 Å². The van der Waals surface area contributed by atoms with Crippen LogP contribution in [0.3, 0.4) is 0 Å². The maximum atomic E-state index is 9.13. The monoisotopic (exact) mass is 191 g/mol. The number of nitrogens with one attached hydrogen (secondary N) is 1. The quantitative estimate of drug-likeness (QED) is 0.717. The van der Waals surface area contributed by atoms with Crippen molar-refractivity contribution in [3.63, 3.8) is 0 Å². The minimum atomic E-state index is 0.267. The van der Waals surface area contributed by atoms with Gasteiger partial charge in [0, 0.05) is 12.1 Å². The second-order valence-corrected chi connectivity index (χ2v) is 3.50. The van der Waals surface area contributed by atoms with Crippen LogP contribution >= 0.6 is 0 Å². The molecule has 0 fully saturated rings. The summed E-state index contributed by atoms with van der Waals surface area (Å²) in [4.78, 5) is 0. The lowest BCUT2D eigenvalue weighted by molar-refractivity contribution is 0.474. The molecule has 76 valence electrons. The van der Waals surface area contributed by atoms with Crippen molar-refractivity contribution in [1.82, 2.24) is 5.32 Å². The van der Waals surface area contributed by atoms with E-state index >= 15 is 0 Å². The Hall–Kier alpha value is -1.28. The van der Waals surface area contributed by atoms with E-state index in [1.165, 1.54) is 0 Å². The summed E-state index contributed by atoms with van der Waals surface area (Å²) in [7, 11) is 0. The predicted octanol–water partition coefficient (Wildman–Crippen LogP) is 2.62. The first kappa shape index (κ1) is 10.8. The average molecular weight is 191 g/mol. The number of aromatic hydroxyl groups is 1. The Morgan fingerprint density at radius 2 is 1.86 bits per heavy atom. The number of phenols is 1. The van der Waals surface area contributed by atoms with Crippen molar-refractivity contribution in [3.05, 3.63) is 42.5 Å². The van der Waals surface area contributed by atoms with E-state index in [0.717, 1.165) is 5.56 Å². The van der Waals surface area contributed by atoms with Gasteiger partial charge in [0.2, 0.25) is 0 Å². The van der Waals surface area contributed by atoms with Gasteiger partial charge in [0.05, 0.1) is 0 Å². The van der Waals surface area contributed by atoms with Crippen LogP contribution in [0.5, 0.6) is 5.75 Å². The van der Waals surface area contributed by atoms with E-state index in [0.29, 0.717) is 11.8 Å². The zero-order valence-electron chi connectivity index (χ0n) is 8.70. The third kappa shape index (κ3) is 2.89. The molecule has 2 N–H and O–H groups in total. The molecule has 0 saturated carbocycles. The summed E-state index contributed by atoms with van der Waals surface area (Å²) in [6.07, 6.45) is 1.87. The molecule has 2 nitrogen and oxygen atoms in total. The van der Waals surface area contributed by atoms with Crippen LogP contribution in [-0.4, -0.2) is 11.1 Å². The van der Waals surface area contributed by atoms with Crippen molar-refractivity contribution < 1.29 is 5.11 Å². The van der Waals surface area contributed by atoms with Gasteiger partial charge in [0.1, 0.15) is 5.75 Å². The van der Waals surface area contributed by atoms with Crippen LogP contribution in [0.15, 0.2) is 36.9 Å². The number of phenolic OH excluding ortho intramolecular Hbond substituents is 1. The summed E-state index contributed by atoms with van der Waals surface area (Å²) in [6, 6.07) is 7.80. The van der Waals surface area contributed by atoms with E-state index in [-0.39, 0.29) is 6.04 Å². The van der Waals surface area contributed by atoms with Gasteiger partial charge in [-0.2, -0.15) is 0 Å². The van der Waals surface area contributed by atoms with Gasteiger partial charge in [-0.15, -0.1) is 6.58 Å². The molecule has 0 saturated heterocycles. The molecule has 1 aromatic carbocycles. The van der Waals surface area contributed by atoms with Gasteiger partial charge in [-0.05, 0) is 31.5 Å². The lowest BCUT2D eigenvalue weighted by atomic mass is 10.1. The largest absolute Gasteiger partial charge is 0.508 e. The third-order valence-corrected chi connectivity index (χ3v) is 2.26. The van der Waals surface area contributed by atoms with Crippen LogP contribution in [0.2, 0.25) is 0 Å². The van der Waals surface area contributed by atoms with Crippen molar-refractivity contribution in [2.75, 3.05) is 0 Å². The summed E-state index contributed by atoms with van der Waals surface area (Å²) < 4.78 is 0. The molecule has 0 aliphatic rings. The summed E-state index contributed by atoms with van der Waals surface area (Å²) in [5.74, 6) is 0.303. The first-order valence-corrected chi connectivity index (χ1v) is 4.81. The van der Waals surface area contributed by atoms with Gasteiger partial charge in [-0.3, -0.25) is 0 Å². The first-order valence-electron chi connectivity index (χ1n) is 4.81. The van der Waals surface area contributed by atoms with Crippen LogP contribution in [0.4, 0.5) is 0 Å². The molecule has 14 heavy (non-hydrogen) atoms. The van der Waals surface area contributed by atoms with Gasteiger partial charge in [0.25, 0.3) is 0 Å². The number of benzene rings is 1. The molecular formula is C12H17NO. The molecule has 0 aliphatic carbocycles. The topological polar surface area (TPSA) is 32.3 Å². The van der Waals surface area contributed by atoms with E-state index in [4.69, 9.17) is 5.11 Å². The lowest BCUT2D eigenvalue weighted by Gasteiger charge is -2.17. The van der Waals surface area contributed by atoms with Gasteiger partial charge in [-0.25, -0.2) is 0 Å². The zero-order valence-corrected chi connectivity index (χ0v) is 8.70. The highest BCUT2D eigenvalue weighted by atomic mass is 16.3. The lowest BCUT2D eigenvalue weighted by Crippen LogP contribution is -2.26. The zero-order chi connectivity index (χ0) is 10.6. The highest BCUT2D eigenvalue weighted by Gasteiger charge is 2.06. The molecule has 0 bridgehead atoms. The van der Waals surface area contributed by atoms with Gasteiger partial charge in [0.15, 0.2) is 0 Å². The Kier molecular flexibility index (Phi) is 3.72. The van der Waals surface area contributed by atoms with E-state index < -0.39 is 0 Å². The molecule has 0 spiro atoms. The molecule has 0 amide bonds. The summed E-state index contributed by atoms with van der Waals surface area (Å²) in [5, 5.41) is 12.5. The van der Waals surface area contributed by atoms with Crippen molar-refractivity contribution in [3.8, 4) is 5.75 Å². The average Bonchev–Trinajstić information content (AvgIpc) is 2.18. The van der Waals surface area contributed by atoms with Crippen molar-refractivity contribution >= 4 is 0 Å². The van der Waals surface area contributed by atoms with Crippen molar-refractivity contribution in [2.24, 2.45) is 0 Å². The highest BCUT2D eigenvalue weighted by molar-refractivity contribution is 5.27. The fourth-order valence-corrected chi connectivity index (χ4v) is 1.32. The molecule has 1 rings (SSSR count). The second-order valence-electron chi connectivity index (χ2n) is 3.50. The van der Waals surface area contributed by atoms with E-state index in [2.05, 4.69) is 25.7 Å². The summed E-state index contributed by atoms with van der Waals surface area (Å²) in [6.45, 7) is 7.87. The molecule has 2 unspecified atom stereocenters. The Balaban J connectivity index is 2.64. The maximum absolute atomic E-state index is 9.13. The number of hydrogen-bond donors (Lipinski definition) is 2. The molecule has 0 heterocycles. The molecule has 1 aromatic rings. The number of hydrogen-bond acceptors (Lipinski definition) is 2. The molecule has 0 aliphatic heterocycles. The molecule has 2 heteroatoms. The minimum absolute atomic E-state index is 0.267. The number of rotatable bonds is 4. The standard InChI is InChI=1S/C12H17NO/c1-4-9(2)13-10(3)11-5-7-12(14)8-6-11/h4-10,13-14H,1H2,2-3H3. The molecule has 0 radical (unpaired) electrons. The molecule has 2 atom stereocenters. The molecular weight excluding hydrogens is 174 g/mol.